The normalized spacial score (nSPS) is 10.1. The van der Waals surface area contributed by atoms with Crippen LogP contribution >= 0.6 is 15.9 Å². The van der Waals surface area contributed by atoms with E-state index in [0.717, 1.165) is 15.7 Å². The van der Waals surface area contributed by atoms with Crippen molar-refractivity contribution >= 4 is 15.9 Å². The largest absolute Gasteiger partial charge is 0.285 e. The fourth-order valence-corrected chi connectivity index (χ4v) is 1.25. The standard InChI is InChI=1S/C7H5BrN4/c8-7-1-5(2-11-12-7)6-3-9-10-4-6/h1-4H,(H,9,10). The Morgan fingerprint density at radius 2 is 2.17 bits per heavy atom. The minimum absolute atomic E-state index is 0.723. The minimum Gasteiger partial charge on any atom is -0.285 e. The molecule has 0 saturated carbocycles. The molecule has 2 aromatic heterocycles. The number of hydrogen-bond donors (Lipinski definition) is 1. The summed E-state index contributed by atoms with van der Waals surface area (Å²) in [5.74, 6) is 0. The molecule has 0 spiro atoms. The van der Waals surface area contributed by atoms with E-state index in [-0.39, 0.29) is 0 Å². The average molecular weight is 225 g/mol. The maximum absolute atomic E-state index is 3.84. The quantitative estimate of drug-likeness (QED) is 0.802. The lowest BCUT2D eigenvalue weighted by molar-refractivity contribution is 1.01. The van der Waals surface area contributed by atoms with Crippen LogP contribution in [0.4, 0.5) is 0 Å². The van der Waals surface area contributed by atoms with Gasteiger partial charge in [-0.1, -0.05) is 0 Å². The summed E-state index contributed by atoms with van der Waals surface area (Å²) < 4.78 is 0.723. The van der Waals surface area contributed by atoms with E-state index < -0.39 is 0 Å². The van der Waals surface area contributed by atoms with Gasteiger partial charge in [0, 0.05) is 17.3 Å². The van der Waals surface area contributed by atoms with Crippen molar-refractivity contribution in [2.45, 2.75) is 0 Å². The summed E-state index contributed by atoms with van der Waals surface area (Å²) in [7, 11) is 0. The monoisotopic (exact) mass is 224 g/mol. The Morgan fingerprint density at radius 1 is 1.25 bits per heavy atom. The van der Waals surface area contributed by atoms with Crippen molar-refractivity contribution in [3.8, 4) is 11.1 Å². The molecule has 4 nitrogen and oxygen atoms in total. The van der Waals surface area contributed by atoms with Crippen molar-refractivity contribution in [2.75, 3.05) is 0 Å². The lowest BCUT2D eigenvalue weighted by Gasteiger charge is -1.93. The molecule has 0 saturated heterocycles. The molecule has 60 valence electrons. The highest BCUT2D eigenvalue weighted by atomic mass is 79.9. The summed E-state index contributed by atoms with van der Waals surface area (Å²) in [5.41, 5.74) is 2.00. The molecular formula is C7H5BrN4. The third kappa shape index (κ3) is 1.35. The molecule has 0 aliphatic rings. The van der Waals surface area contributed by atoms with Gasteiger partial charge in [-0.25, -0.2) is 0 Å². The molecule has 1 N–H and O–H groups in total. The van der Waals surface area contributed by atoms with Gasteiger partial charge in [0.15, 0.2) is 0 Å². The van der Waals surface area contributed by atoms with Gasteiger partial charge in [-0.15, -0.1) is 5.10 Å². The van der Waals surface area contributed by atoms with Crippen LogP contribution in [0.3, 0.4) is 0 Å². The summed E-state index contributed by atoms with van der Waals surface area (Å²) in [6.07, 6.45) is 5.24. The molecule has 2 heterocycles. The molecule has 0 atom stereocenters. The van der Waals surface area contributed by atoms with Crippen molar-refractivity contribution in [3.63, 3.8) is 0 Å². The van der Waals surface area contributed by atoms with Crippen LogP contribution in [0, 0.1) is 0 Å². The van der Waals surface area contributed by atoms with E-state index in [0.29, 0.717) is 0 Å². The molecule has 0 bridgehead atoms. The Labute approximate surface area is 77.2 Å². The van der Waals surface area contributed by atoms with Crippen LogP contribution in [0.15, 0.2) is 29.3 Å². The first-order chi connectivity index (χ1) is 5.86. The molecule has 0 amide bonds. The van der Waals surface area contributed by atoms with E-state index in [4.69, 9.17) is 0 Å². The molecule has 0 radical (unpaired) electrons. The first kappa shape index (κ1) is 7.42. The van der Waals surface area contributed by atoms with Crippen LogP contribution in [0.5, 0.6) is 0 Å². The summed E-state index contributed by atoms with van der Waals surface area (Å²) in [6.45, 7) is 0. The van der Waals surface area contributed by atoms with Gasteiger partial charge in [-0.2, -0.15) is 10.2 Å². The Balaban J connectivity index is 2.48. The molecule has 2 rings (SSSR count). The van der Waals surface area contributed by atoms with Crippen LogP contribution in [0.1, 0.15) is 0 Å². The van der Waals surface area contributed by atoms with Crippen molar-refractivity contribution in [1.82, 2.24) is 20.4 Å². The van der Waals surface area contributed by atoms with Crippen LogP contribution in [0.2, 0.25) is 0 Å². The van der Waals surface area contributed by atoms with Crippen molar-refractivity contribution in [3.05, 3.63) is 29.3 Å². The summed E-state index contributed by atoms with van der Waals surface area (Å²) in [5, 5.41) is 14.2. The highest BCUT2D eigenvalue weighted by molar-refractivity contribution is 9.10. The van der Waals surface area contributed by atoms with Crippen molar-refractivity contribution in [1.29, 1.82) is 0 Å². The molecule has 2 aromatic rings. The van der Waals surface area contributed by atoms with E-state index in [9.17, 15) is 0 Å². The zero-order valence-corrected chi connectivity index (χ0v) is 7.62. The maximum atomic E-state index is 3.84. The Hall–Kier alpha value is -1.23. The maximum Gasteiger partial charge on any atom is 0.129 e. The minimum atomic E-state index is 0.723. The van der Waals surface area contributed by atoms with Crippen LogP contribution in [-0.4, -0.2) is 20.4 Å². The highest BCUT2D eigenvalue weighted by Crippen LogP contribution is 2.18. The van der Waals surface area contributed by atoms with Gasteiger partial charge in [-0.05, 0) is 22.0 Å². The number of H-pyrrole nitrogens is 1. The van der Waals surface area contributed by atoms with Crippen molar-refractivity contribution in [2.24, 2.45) is 0 Å². The van der Waals surface area contributed by atoms with Crippen molar-refractivity contribution < 1.29 is 0 Å². The van der Waals surface area contributed by atoms with Crippen LogP contribution in [0.25, 0.3) is 11.1 Å². The number of halogens is 1. The molecule has 0 aliphatic heterocycles. The second-order valence-corrected chi connectivity index (χ2v) is 3.07. The molecule has 5 heteroatoms. The number of rotatable bonds is 1. The zero-order chi connectivity index (χ0) is 8.39. The summed E-state index contributed by atoms with van der Waals surface area (Å²) in [6, 6.07) is 1.89. The first-order valence-corrected chi connectivity index (χ1v) is 4.13. The van der Waals surface area contributed by atoms with E-state index in [1.54, 1.807) is 12.4 Å². The molecular weight excluding hydrogens is 220 g/mol. The van der Waals surface area contributed by atoms with E-state index in [1.165, 1.54) is 0 Å². The number of hydrogen-bond acceptors (Lipinski definition) is 3. The molecule has 0 aliphatic carbocycles. The lowest BCUT2D eigenvalue weighted by Crippen LogP contribution is -1.82. The van der Waals surface area contributed by atoms with E-state index in [2.05, 4.69) is 36.3 Å². The topological polar surface area (TPSA) is 54.5 Å². The predicted octanol–water partition coefficient (Wildman–Crippen LogP) is 1.63. The molecule has 0 aromatic carbocycles. The smallest absolute Gasteiger partial charge is 0.129 e. The molecule has 0 fully saturated rings. The third-order valence-electron chi connectivity index (χ3n) is 1.46. The lowest BCUT2D eigenvalue weighted by atomic mass is 10.2. The zero-order valence-electron chi connectivity index (χ0n) is 6.03. The number of nitrogens with one attached hydrogen (secondary N) is 1. The Bertz CT molecular complexity index is 371. The summed E-state index contributed by atoms with van der Waals surface area (Å²) in [4.78, 5) is 0. The van der Waals surface area contributed by atoms with Gasteiger partial charge in [0.25, 0.3) is 0 Å². The van der Waals surface area contributed by atoms with Gasteiger partial charge >= 0.3 is 0 Å². The average Bonchev–Trinajstić information content (AvgIpc) is 2.56. The second kappa shape index (κ2) is 3.02. The van der Waals surface area contributed by atoms with E-state index in [1.807, 2.05) is 12.3 Å². The van der Waals surface area contributed by atoms with Crippen LogP contribution < -0.4 is 0 Å². The van der Waals surface area contributed by atoms with Gasteiger partial charge in [0.05, 0.1) is 12.4 Å². The summed E-state index contributed by atoms with van der Waals surface area (Å²) >= 11 is 3.24. The Morgan fingerprint density at radius 3 is 2.83 bits per heavy atom. The van der Waals surface area contributed by atoms with Crippen LogP contribution in [-0.2, 0) is 0 Å². The fourth-order valence-electron chi connectivity index (χ4n) is 0.907. The number of nitrogens with zero attached hydrogens (tertiary/aromatic N) is 3. The van der Waals surface area contributed by atoms with E-state index >= 15 is 0 Å². The molecule has 0 unspecified atom stereocenters. The van der Waals surface area contributed by atoms with Gasteiger partial charge < -0.3 is 0 Å². The first-order valence-electron chi connectivity index (χ1n) is 3.33. The fraction of sp³-hybridized carbons (Fsp3) is 0. The predicted molar refractivity (Wildman–Crippen MR) is 47.3 cm³/mol. The number of aromatic amines is 1. The third-order valence-corrected chi connectivity index (χ3v) is 1.84. The van der Waals surface area contributed by atoms with Gasteiger partial charge in [0.1, 0.15) is 4.60 Å². The second-order valence-electron chi connectivity index (χ2n) is 2.25. The molecule has 12 heavy (non-hydrogen) atoms. The SMILES string of the molecule is Brc1cc(-c2cn[nH]c2)cnn1. The highest BCUT2D eigenvalue weighted by Gasteiger charge is 1.99. The Kier molecular flexibility index (Phi) is 1.87. The number of aromatic nitrogens is 4. The van der Waals surface area contributed by atoms with Gasteiger partial charge in [-0.3, -0.25) is 5.10 Å². The van der Waals surface area contributed by atoms with Gasteiger partial charge in [0.2, 0.25) is 0 Å².